The molecule has 0 saturated carbocycles. The molecule has 0 radical (unpaired) electrons. The maximum absolute atomic E-state index is 13.0. The lowest BCUT2D eigenvalue weighted by molar-refractivity contribution is -0.118. The van der Waals surface area contributed by atoms with Crippen LogP contribution in [0.15, 0.2) is 48.5 Å². The molecule has 0 bridgehead atoms. The van der Waals surface area contributed by atoms with Crippen LogP contribution in [-0.2, 0) is 10.2 Å². The molecule has 0 N–H and O–H groups in total. The average Bonchev–Trinajstić information content (AvgIpc) is 3.05. The lowest BCUT2D eigenvalue weighted by Crippen LogP contribution is -2.35. The van der Waals surface area contributed by atoms with Gasteiger partial charge in [0.1, 0.15) is 0 Å². The first-order valence-electron chi connectivity index (χ1n) is 11.0. The molecule has 2 aromatic carbocycles. The summed E-state index contributed by atoms with van der Waals surface area (Å²) >= 11 is 0. The fraction of sp³-hybridized carbons (Fsp3) is 0.462. The number of hydrogen-bond acceptors (Lipinski definition) is 2. The molecule has 3 heteroatoms. The highest BCUT2D eigenvalue weighted by atomic mass is 16.2. The summed E-state index contributed by atoms with van der Waals surface area (Å²) < 4.78 is 0. The van der Waals surface area contributed by atoms with Crippen molar-refractivity contribution in [1.82, 2.24) is 0 Å². The van der Waals surface area contributed by atoms with Gasteiger partial charge in [-0.1, -0.05) is 75.9 Å². The Morgan fingerprint density at radius 1 is 1.07 bits per heavy atom. The number of nitrogens with zero attached hydrogens (tertiary/aromatic N) is 2. The van der Waals surface area contributed by atoms with Crippen LogP contribution in [-0.4, -0.2) is 12.5 Å². The Morgan fingerprint density at radius 2 is 1.83 bits per heavy atom. The van der Waals surface area contributed by atoms with Gasteiger partial charge in [-0.3, -0.25) is 4.79 Å². The highest BCUT2D eigenvalue weighted by Gasteiger charge is 2.40. The van der Waals surface area contributed by atoms with Gasteiger partial charge in [0.05, 0.1) is 6.07 Å². The van der Waals surface area contributed by atoms with Crippen LogP contribution in [0.3, 0.4) is 0 Å². The molecule has 1 aliphatic heterocycles. The maximum atomic E-state index is 13.0. The number of carbonyl (C=O) groups is 1. The number of carbonyl (C=O) groups excluding carboxylic acids is 1. The van der Waals surface area contributed by atoms with E-state index in [4.69, 9.17) is 5.26 Å². The Balaban J connectivity index is 1.84. The molecular weight excluding hydrogens is 356 g/mol. The molecule has 2 aromatic rings. The van der Waals surface area contributed by atoms with E-state index in [0.29, 0.717) is 19.4 Å². The minimum Gasteiger partial charge on any atom is -0.311 e. The van der Waals surface area contributed by atoms with Gasteiger partial charge in [-0.15, -0.1) is 0 Å². The minimum absolute atomic E-state index is 0.173. The summed E-state index contributed by atoms with van der Waals surface area (Å²) in [6.07, 6.45) is 7.64. The fourth-order valence-electron chi connectivity index (χ4n) is 4.37. The van der Waals surface area contributed by atoms with Crippen molar-refractivity contribution in [3.05, 3.63) is 54.1 Å². The predicted molar refractivity (Wildman–Crippen MR) is 120 cm³/mol. The Hall–Kier alpha value is -2.60. The van der Waals surface area contributed by atoms with Gasteiger partial charge in [-0.05, 0) is 41.7 Å². The molecule has 1 heterocycles. The lowest BCUT2D eigenvalue weighted by atomic mass is 9.79. The van der Waals surface area contributed by atoms with E-state index in [9.17, 15) is 4.79 Å². The normalized spacial score (nSPS) is 17.8. The van der Waals surface area contributed by atoms with Crippen LogP contribution < -0.4 is 4.90 Å². The van der Waals surface area contributed by atoms with Crippen LogP contribution in [0, 0.1) is 11.3 Å². The first kappa shape index (κ1) is 21.1. The summed E-state index contributed by atoms with van der Waals surface area (Å²) in [5.74, 6) is 0.218. The number of rotatable bonds is 9. The van der Waals surface area contributed by atoms with E-state index in [1.165, 1.54) is 36.0 Å². The molecule has 3 nitrogen and oxygen atoms in total. The van der Waals surface area contributed by atoms with E-state index in [2.05, 4.69) is 50.2 Å². The van der Waals surface area contributed by atoms with Gasteiger partial charge < -0.3 is 4.90 Å². The van der Waals surface area contributed by atoms with Crippen LogP contribution in [0.4, 0.5) is 5.69 Å². The largest absolute Gasteiger partial charge is 0.311 e. The number of unbranched alkanes of at least 4 members (excludes halogenated alkanes) is 4. The van der Waals surface area contributed by atoms with Crippen molar-refractivity contribution in [1.29, 1.82) is 5.26 Å². The van der Waals surface area contributed by atoms with E-state index in [1.54, 1.807) is 0 Å². The third-order valence-corrected chi connectivity index (χ3v) is 6.14. The summed E-state index contributed by atoms with van der Waals surface area (Å²) in [5, 5.41) is 9.15. The zero-order chi connectivity index (χ0) is 20.7. The second-order valence-corrected chi connectivity index (χ2v) is 8.46. The minimum atomic E-state index is -0.173. The molecule has 0 saturated heterocycles. The molecule has 0 aliphatic carbocycles. The Kier molecular flexibility index (Phi) is 7.09. The third-order valence-electron chi connectivity index (χ3n) is 6.14. The van der Waals surface area contributed by atoms with Crippen molar-refractivity contribution in [2.75, 3.05) is 11.4 Å². The van der Waals surface area contributed by atoms with Gasteiger partial charge in [0.25, 0.3) is 0 Å². The first-order valence-corrected chi connectivity index (χ1v) is 11.0. The second kappa shape index (κ2) is 9.74. The number of amides is 1. The van der Waals surface area contributed by atoms with Gasteiger partial charge in [-0.25, -0.2) is 0 Å². The van der Waals surface area contributed by atoms with Crippen molar-refractivity contribution in [2.24, 2.45) is 0 Å². The molecule has 1 aliphatic rings. The molecule has 1 amide bonds. The topological polar surface area (TPSA) is 44.1 Å². The molecule has 0 aromatic heterocycles. The van der Waals surface area contributed by atoms with Crippen molar-refractivity contribution in [3.63, 3.8) is 0 Å². The van der Waals surface area contributed by atoms with Gasteiger partial charge in [0, 0.05) is 30.5 Å². The molecule has 1 atom stereocenters. The van der Waals surface area contributed by atoms with Crippen LogP contribution in [0.5, 0.6) is 0 Å². The van der Waals surface area contributed by atoms with Crippen LogP contribution in [0.2, 0.25) is 0 Å². The quantitative estimate of drug-likeness (QED) is 0.453. The Morgan fingerprint density at radius 3 is 2.55 bits per heavy atom. The number of nitriles is 1. The average molecular weight is 389 g/mol. The fourth-order valence-corrected chi connectivity index (χ4v) is 4.37. The van der Waals surface area contributed by atoms with E-state index in [-0.39, 0.29) is 11.3 Å². The molecule has 152 valence electrons. The van der Waals surface area contributed by atoms with E-state index < -0.39 is 0 Å². The molecule has 3 rings (SSSR count). The zero-order valence-electron chi connectivity index (χ0n) is 17.8. The Labute approximate surface area is 175 Å². The highest BCUT2D eigenvalue weighted by molar-refractivity contribution is 5.96. The monoisotopic (exact) mass is 388 g/mol. The third kappa shape index (κ3) is 4.88. The molecular formula is C26H32N2O. The van der Waals surface area contributed by atoms with Gasteiger partial charge in [0.2, 0.25) is 5.91 Å². The van der Waals surface area contributed by atoms with Crippen molar-refractivity contribution in [2.45, 2.75) is 70.6 Å². The number of anilines is 1. The van der Waals surface area contributed by atoms with Crippen LogP contribution in [0.1, 0.15) is 70.8 Å². The van der Waals surface area contributed by atoms with Crippen LogP contribution in [0.25, 0.3) is 11.1 Å². The highest BCUT2D eigenvalue weighted by Crippen LogP contribution is 2.45. The standard InChI is InChI=1S/C26H32N2O/c1-3-4-5-6-10-14-25(29)28-20-26(2,17-11-18-27)23-19-22(15-16-24(23)28)21-12-8-7-9-13-21/h7-9,12-13,15-16,19H,3-6,10-11,14,17,20H2,1-2H3. The summed E-state index contributed by atoms with van der Waals surface area (Å²) in [5.41, 5.74) is 4.41. The van der Waals surface area contributed by atoms with Crippen molar-refractivity contribution >= 4 is 11.6 Å². The predicted octanol–water partition coefficient (Wildman–Crippen LogP) is 6.62. The lowest BCUT2D eigenvalue weighted by Gasteiger charge is -2.25. The summed E-state index contributed by atoms with van der Waals surface area (Å²) in [4.78, 5) is 15.0. The summed E-state index contributed by atoms with van der Waals surface area (Å²) in [6.45, 7) is 5.08. The van der Waals surface area contributed by atoms with Crippen molar-refractivity contribution < 1.29 is 4.79 Å². The van der Waals surface area contributed by atoms with Gasteiger partial charge in [0.15, 0.2) is 0 Å². The zero-order valence-corrected chi connectivity index (χ0v) is 17.8. The van der Waals surface area contributed by atoms with E-state index >= 15 is 0 Å². The smallest absolute Gasteiger partial charge is 0.227 e. The molecule has 1 unspecified atom stereocenters. The van der Waals surface area contributed by atoms with Crippen LogP contribution >= 0.6 is 0 Å². The number of benzene rings is 2. The second-order valence-electron chi connectivity index (χ2n) is 8.46. The molecule has 29 heavy (non-hydrogen) atoms. The first-order chi connectivity index (χ1) is 14.1. The van der Waals surface area contributed by atoms with Gasteiger partial charge in [-0.2, -0.15) is 5.26 Å². The van der Waals surface area contributed by atoms with E-state index in [0.717, 1.165) is 24.9 Å². The van der Waals surface area contributed by atoms with E-state index in [1.807, 2.05) is 23.1 Å². The number of fused-ring (bicyclic) bond motifs is 1. The summed E-state index contributed by atoms with van der Waals surface area (Å²) in [6, 6.07) is 19.1. The SMILES string of the molecule is CCCCCCCC(=O)N1CC(C)(CCC#N)c2cc(-c3ccccc3)ccc21. The number of hydrogen-bond donors (Lipinski definition) is 0. The molecule has 0 fully saturated rings. The molecule has 0 spiro atoms. The van der Waals surface area contributed by atoms with Crippen molar-refractivity contribution in [3.8, 4) is 17.2 Å². The summed E-state index contributed by atoms with van der Waals surface area (Å²) in [7, 11) is 0. The van der Waals surface area contributed by atoms with Gasteiger partial charge >= 0.3 is 0 Å². The maximum Gasteiger partial charge on any atom is 0.227 e. The Bertz CT molecular complexity index is 868.